The van der Waals surface area contributed by atoms with Crippen molar-refractivity contribution in [3.8, 4) is 0 Å². The van der Waals surface area contributed by atoms with E-state index in [1.807, 2.05) is 0 Å². The van der Waals surface area contributed by atoms with Gasteiger partial charge in [0.05, 0.1) is 11.2 Å². The minimum Gasteiger partial charge on any atom is -0.390 e. The number of rotatable bonds is 2. The molecule has 1 spiro atoms. The van der Waals surface area contributed by atoms with Gasteiger partial charge in [0.1, 0.15) is 0 Å². The maximum Gasteiger partial charge on any atom is 0.0686 e. The Balaban J connectivity index is 1.67. The van der Waals surface area contributed by atoms with Gasteiger partial charge in [-0.2, -0.15) is 0 Å². The van der Waals surface area contributed by atoms with E-state index in [0.29, 0.717) is 5.92 Å². The summed E-state index contributed by atoms with van der Waals surface area (Å²) in [6.45, 7) is 3.19. The fourth-order valence-corrected chi connectivity index (χ4v) is 5.27. The molecule has 3 rings (SSSR count). The molecule has 0 aromatic rings. The first kappa shape index (κ1) is 15.8. The SMILES string of the molecule is CCC1CCCC(O)(C2CCOC3(CCCCC3)C2)CC1. The van der Waals surface area contributed by atoms with Gasteiger partial charge >= 0.3 is 0 Å². The third-order valence-corrected chi connectivity index (χ3v) is 6.80. The van der Waals surface area contributed by atoms with E-state index in [1.54, 1.807) is 0 Å². The van der Waals surface area contributed by atoms with E-state index in [1.165, 1.54) is 57.8 Å². The van der Waals surface area contributed by atoms with Crippen LogP contribution in [0.5, 0.6) is 0 Å². The van der Waals surface area contributed by atoms with Gasteiger partial charge in [0, 0.05) is 6.61 Å². The molecule has 3 aliphatic rings. The fourth-order valence-electron chi connectivity index (χ4n) is 5.27. The molecule has 3 atom stereocenters. The smallest absolute Gasteiger partial charge is 0.0686 e. The summed E-state index contributed by atoms with van der Waals surface area (Å²) in [4.78, 5) is 0. The zero-order valence-electron chi connectivity index (χ0n) is 13.9. The minimum absolute atomic E-state index is 0.132. The summed E-state index contributed by atoms with van der Waals surface area (Å²) in [5.74, 6) is 1.34. The molecule has 21 heavy (non-hydrogen) atoms. The molecule has 0 aromatic heterocycles. The Bertz CT molecular complexity index is 329. The third-order valence-electron chi connectivity index (χ3n) is 6.80. The molecule has 2 heteroatoms. The molecule has 0 amide bonds. The Morgan fingerprint density at radius 3 is 2.52 bits per heavy atom. The van der Waals surface area contributed by atoms with Gasteiger partial charge in [-0.3, -0.25) is 0 Å². The maximum atomic E-state index is 11.3. The van der Waals surface area contributed by atoms with Crippen molar-refractivity contribution >= 4 is 0 Å². The van der Waals surface area contributed by atoms with E-state index in [2.05, 4.69) is 6.92 Å². The maximum absolute atomic E-state index is 11.3. The Morgan fingerprint density at radius 2 is 1.76 bits per heavy atom. The summed E-state index contributed by atoms with van der Waals surface area (Å²) in [7, 11) is 0. The monoisotopic (exact) mass is 294 g/mol. The molecule has 1 saturated heterocycles. The van der Waals surface area contributed by atoms with Gasteiger partial charge in [0.15, 0.2) is 0 Å². The summed E-state index contributed by atoms with van der Waals surface area (Å²) < 4.78 is 6.23. The van der Waals surface area contributed by atoms with E-state index in [0.717, 1.165) is 38.2 Å². The van der Waals surface area contributed by atoms with Gasteiger partial charge in [-0.25, -0.2) is 0 Å². The van der Waals surface area contributed by atoms with Crippen LogP contribution < -0.4 is 0 Å². The molecule has 3 fully saturated rings. The van der Waals surface area contributed by atoms with E-state index >= 15 is 0 Å². The zero-order chi connectivity index (χ0) is 14.8. The van der Waals surface area contributed by atoms with Gasteiger partial charge in [-0.15, -0.1) is 0 Å². The summed E-state index contributed by atoms with van der Waals surface area (Å²) >= 11 is 0. The van der Waals surface area contributed by atoms with Crippen molar-refractivity contribution in [2.45, 2.75) is 102 Å². The van der Waals surface area contributed by atoms with Crippen molar-refractivity contribution in [3.05, 3.63) is 0 Å². The molecular weight excluding hydrogens is 260 g/mol. The van der Waals surface area contributed by atoms with Crippen molar-refractivity contribution < 1.29 is 9.84 Å². The van der Waals surface area contributed by atoms with Crippen molar-refractivity contribution in [1.82, 2.24) is 0 Å². The van der Waals surface area contributed by atoms with Crippen LogP contribution in [0, 0.1) is 11.8 Å². The average Bonchev–Trinajstić information content (AvgIpc) is 2.71. The molecule has 2 aliphatic carbocycles. The van der Waals surface area contributed by atoms with Gasteiger partial charge < -0.3 is 9.84 Å². The lowest BCUT2D eigenvalue weighted by molar-refractivity contribution is -0.159. The number of hydrogen-bond donors (Lipinski definition) is 1. The van der Waals surface area contributed by atoms with Gasteiger partial charge in [-0.1, -0.05) is 45.4 Å². The van der Waals surface area contributed by atoms with Gasteiger partial charge in [0.25, 0.3) is 0 Å². The van der Waals surface area contributed by atoms with E-state index < -0.39 is 5.60 Å². The Labute approximate surface area is 130 Å². The van der Waals surface area contributed by atoms with Gasteiger partial charge in [-0.05, 0) is 56.8 Å². The predicted octanol–water partition coefficient (Wildman–Crippen LogP) is 4.84. The quantitative estimate of drug-likeness (QED) is 0.739. The molecule has 1 N–H and O–H groups in total. The van der Waals surface area contributed by atoms with E-state index in [9.17, 15) is 5.11 Å². The van der Waals surface area contributed by atoms with Crippen LogP contribution in [-0.4, -0.2) is 22.9 Å². The van der Waals surface area contributed by atoms with Crippen LogP contribution in [0.25, 0.3) is 0 Å². The van der Waals surface area contributed by atoms with E-state index in [4.69, 9.17) is 4.74 Å². The molecule has 1 aliphatic heterocycles. The second kappa shape index (κ2) is 6.58. The Hall–Kier alpha value is -0.0800. The molecule has 122 valence electrons. The first-order chi connectivity index (χ1) is 10.2. The first-order valence-electron chi connectivity index (χ1n) is 9.52. The van der Waals surface area contributed by atoms with Gasteiger partial charge in [0.2, 0.25) is 0 Å². The zero-order valence-corrected chi connectivity index (χ0v) is 13.9. The van der Waals surface area contributed by atoms with Crippen LogP contribution >= 0.6 is 0 Å². The predicted molar refractivity (Wildman–Crippen MR) is 86.3 cm³/mol. The van der Waals surface area contributed by atoms with Crippen molar-refractivity contribution in [3.63, 3.8) is 0 Å². The van der Waals surface area contributed by atoms with Crippen LogP contribution in [0.4, 0.5) is 0 Å². The average molecular weight is 294 g/mol. The van der Waals surface area contributed by atoms with Crippen LogP contribution in [0.3, 0.4) is 0 Å². The molecule has 3 unspecified atom stereocenters. The lowest BCUT2D eigenvalue weighted by Gasteiger charge is -2.48. The van der Waals surface area contributed by atoms with Crippen LogP contribution in [0.2, 0.25) is 0 Å². The third kappa shape index (κ3) is 3.47. The second-order valence-corrected chi connectivity index (χ2v) is 8.09. The second-order valence-electron chi connectivity index (χ2n) is 8.09. The molecule has 0 radical (unpaired) electrons. The highest BCUT2D eigenvalue weighted by molar-refractivity contribution is 4.97. The molecule has 2 nitrogen and oxygen atoms in total. The summed E-state index contributed by atoms with van der Waals surface area (Å²) in [6.07, 6.45) is 15.8. The fraction of sp³-hybridized carbons (Fsp3) is 1.00. The van der Waals surface area contributed by atoms with Crippen LogP contribution in [0.15, 0.2) is 0 Å². The standard InChI is InChI=1S/C19H34O2/c1-2-16-7-6-12-19(20,13-8-16)17-9-14-21-18(15-17)10-4-3-5-11-18/h16-17,20H,2-15H2,1H3. The van der Waals surface area contributed by atoms with Crippen LogP contribution in [0.1, 0.15) is 90.4 Å². The Kier molecular flexibility index (Phi) is 4.95. The molecular formula is C19H34O2. The summed E-state index contributed by atoms with van der Waals surface area (Å²) in [6, 6.07) is 0. The summed E-state index contributed by atoms with van der Waals surface area (Å²) in [5.41, 5.74) is -0.258. The van der Waals surface area contributed by atoms with Crippen LogP contribution in [-0.2, 0) is 4.74 Å². The molecule has 1 heterocycles. The molecule has 0 bridgehead atoms. The highest BCUT2D eigenvalue weighted by atomic mass is 16.5. The topological polar surface area (TPSA) is 29.5 Å². The van der Waals surface area contributed by atoms with Crippen molar-refractivity contribution in [2.75, 3.05) is 6.61 Å². The highest BCUT2D eigenvalue weighted by Crippen LogP contribution is 2.47. The van der Waals surface area contributed by atoms with E-state index in [-0.39, 0.29) is 5.60 Å². The normalized spacial score (nSPS) is 40.9. The first-order valence-corrected chi connectivity index (χ1v) is 9.52. The lowest BCUT2D eigenvalue weighted by atomic mass is 9.68. The number of aliphatic hydroxyl groups is 1. The Morgan fingerprint density at radius 1 is 0.952 bits per heavy atom. The highest BCUT2D eigenvalue weighted by Gasteiger charge is 2.46. The largest absolute Gasteiger partial charge is 0.390 e. The van der Waals surface area contributed by atoms with Crippen molar-refractivity contribution in [1.29, 1.82) is 0 Å². The molecule has 0 aromatic carbocycles. The molecule has 2 saturated carbocycles. The summed E-state index contributed by atoms with van der Waals surface area (Å²) in [5, 5.41) is 11.3. The lowest BCUT2D eigenvalue weighted by Crippen LogP contribution is -2.49. The number of hydrogen-bond acceptors (Lipinski definition) is 2. The number of ether oxygens (including phenoxy) is 1. The van der Waals surface area contributed by atoms with Crippen molar-refractivity contribution in [2.24, 2.45) is 11.8 Å². The minimum atomic E-state index is -0.391.